The molecule has 178 valence electrons. The van der Waals surface area contributed by atoms with Crippen LogP contribution in [0, 0.1) is 0 Å². The van der Waals surface area contributed by atoms with Gasteiger partial charge >= 0.3 is 5.63 Å². The zero-order valence-electron chi connectivity index (χ0n) is 18.0. The summed E-state index contributed by atoms with van der Waals surface area (Å²) in [6.45, 7) is 1.23. The molecule has 1 aliphatic heterocycles. The third-order valence-electron chi connectivity index (χ3n) is 4.51. The van der Waals surface area contributed by atoms with Crippen molar-refractivity contribution in [2.45, 2.75) is 0 Å². The number of hydrogen-bond donors (Lipinski definition) is 1. The molecule has 0 atom stereocenters. The van der Waals surface area contributed by atoms with E-state index < -0.39 is 5.63 Å². The number of fused-ring (bicyclic) bond motifs is 1. The summed E-state index contributed by atoms with van der Waals surface area (Å²) < 4.78 is 21.1. The number of rotatable bonds is 13. The van der Waals surface area contributed by atoms with Crippen molar-refractivity contribution in [3.8, 4) is 5.75 Å². The number of benzene rings is 1. The van der Waals surface area contributed by atoms with Crippen LogP contribution in [0.1, 0.15) is 0 Å². The maximum absolute atomic E-state index is 11.9. The second-order valence-electron chi connectivity index (χ2n) is 6.83. The second-order valence-corrected chi connectivity index (χ2v) is 6.83. The zero-order valence-corrected chi connectivity index (χ0v) is 18.0. The molecule has 34 heavy (non-hydrogen) atoms. The smallest absolute Gasteiger partial charge is 0.345 e. The van der Waals surface area contributed by atoms with Gasteiger partial charge in [-0.1, -0.05) is 5.11 Å². The predicted octanol–water partition coefficient (Wildman–Crippen LogP) is 1.19. The lowest BCUT2D eigenvalue weighted by Crippen LogP contribution is -2.33. The van der Waals surface area contributed by atoms with Crippen molar-refractivity contribution in [3.05, 3.63) is 57.3 Å². The zero-order chi connectivity index (χ0) is 24.3. The number of carbonyl (C=O) groups is 3. The third kappa shape index (κ3) is 6.90. The summed E-state index contributed by atoms with van der Waals surface area (Å²) in [6.07, 6.45) is 2.44. The summed E-state index contributed by atoms with van der Waals surface area (Å²) in [5.41, 5.74) is 7.75. The van der Waals surface area contributed by atoms with E-state index in [0.717, 1.165) is 4.90 Å². The first-order valence-corrected chi connectivity index (χ1v) is 10.2. The molecule has 0 unspecified atom stereocenters. The molecule has 1 aromatic heterocycles. The van der Waals surface area contributed by atoms with Crippen LogP contribution in [-0.2, 0) is 23.9 Å². The van der Waals surface area contributed by atoms with Crippen LogP contribution >= 0.6 is 0 Å². The molecule has 0 aliphatic carbocycles. The first kappa shape index (κ1) is 24.5. The van der Waals surface area contributed by atoms with Crippen LogP contribution < -0.4 is 15.7 Å². The van der Waals surface area contributed by atoms with Crippen molar-refractivity contribution in [2.24, 2.45) is 5.11 Å². The molecule has 0 bridgehead atoms. The molecular weight excluding hydrogens is 450 g/mol. The topological polar surface area (TPSA) is 173 Å². The molecule has 2 heterocycles. The number of nitrogens with zero attached hydrogens (tertiary/aromatic N) is 4. The van der Waals surface area contributed by atoms with E-state index in [1.165, 1.54) is 24.3 Å². The number of amides is 3. The molecule has 13 heteroatoms. The lowest BCUT2D eigenvalue weighted by Gasteiger charge is -2.13. The molecule has 0 saturated carbocycles. The van der Waals surface area contributed by atoms with Gasteiger partial charge in [0.25, 0.3) is 17.7 Å². The fourth-order valence-electron chi connectivity index (χ4n) is 2.88. The van der Waals surface area contributed by atoms with Crippen molar-refractivity contribution in [1.29, 1.82) is 0 Å². The van der Waals surface area contributed by atoms with E-state index in [1.54, 1.807) is 12.1 Å². The largest absolute Gasteiger partial charge is 0.484 e. The summed E-state index contributed by atoms with van der Waals surface area (Å²) in [4.78, 5) is 50.0. The van der Waals surface area contributed by atoms with Crippen molar-refractivity contribution in [3.63, 3.8) is 0 Å². The van der Waals surface area contributed by atoms with Gasteiger partial charge in [0, 0.05) is 35.1 Å². The summed E-state index contributed by atoms with van der Waals surface area (Å²) in [7, 11) is 0. The lowest BCUT2D eigenvalue weighted by atomic mass is 10.2. The van der Waals surface area contributed by atoms with E-state index in [9.17, 15) is 19.2 Å². The van der Waals surface area contributed by atoms with Gasteiger partial charge in [0.05, 0.1) is 33.0 Å². The number of carbonyl (C=O) groups excluding carboxylic acids is 3. The minimum absolute atomic E-state index is 0.149. The number of hydrogen-bond acceptors (Lipinski definition) is 9. The lowest BCUT2D eigenvalue weighted by molar-refractivity contribution is -0.137. The van der Waals surface area contributed by atoms with Crippen molar-refractivity contribution in [1.82, 2.24) is 10.2 Å². The van der Waals surface area contributed by atoms with Crippen LogP contribution in [0.2, 0.25) is 0 Å². The number of ether oxygens (including phenoxy) is 3. The van der Waals surface area contributed by atoms with Gasteiger partial charge in [-0.3, -0.25) is 19.3 Å². The summed E-state index contributed by atoms with van der Waals surface area (Å²) in [5, 5.41) is 6.43. The molecular formula is C21H21N5O8. The van der Waals surface area contributed by atoms with E-state index in [1.807, 2.05) is 0 Å². The van der Waals surface area contributed by atoms with Crippen molar-refractivity contribution < 1.29 is 33.0 Å². The van der Waals surface area contributed by atoms with Crippen LogP contribution in [0.3, 0.4) is 0 Å². The summed E-state index contributed by atoms with van der Waals surface area (Å²) in [6, 6.07) is 6.05. The average Bonchev–Trinajstić information content (AvgIpc) is 3.14. The van der Waals surface area contributed by atoms with Gasteiger partial charge in [-0.25, -0.2) is 4.79 Å². The number of azide groups is 1. The highest BCUT2D eigenvalue weighted by Gasteiger charge is 2.22. The van der Waals surface area contributed by atoms with Crippen LogP contribution in [0.25, 0.3) is 21.4 Å². The van der Waals surface area contributed by atoms with E-state index in [4.69, 9.17) is 24.2 Å². The minimum atomic E-state index is -0.778. The van der Waals surface area contributed by atoms with E-state index in [0.29, 0.717) is 11.1 Å². The van der Waals surface area contributed by atoms with Gasteiger partial charge in [-0.15, -0.1) is 0 Å². The molecule has 3 amide bonds. The normalized spacial score (nSPS) is 12.8. The maximum atomic E-state index is 11.9. The first-order valence-electron chi connectivity index (χ1n) is 10.2. The molecule has 0 fully saturated rings. The Balaban J connectivity index is 1.27. The molecule has 13 nitrogen and oxygen atoms in total. The van der Waals surface area contributed by atoms with Crippen LogP contribution in [-0.4, -0.2) is 68.7 Å². The van der Waals surface area contributed by atoms with Crippen LogP contribution in [0.5, 0.6) is 5.75 Å². The van der Waals surface area contributed by atoms with Gasteiger partial charge in [0.15, 0.2) is 6.61 Å². The first-order chi connectivity index (χ1) is 16.5. The molecule has 0 saturated heterocycles. The molecule has 0 radical (unpaired) electrons. The van der Waals surface area contributed by atoms with Gasteiger partial charge in [0.1, 0.15) is 17.0 Å². The quantitative estimate of drug-likeness (QED) is 0.113. The standard InChI is InChI=1S/C21H21N5O8/c22-25-24-16-11-14-1-2-15(12-17(14)34-21(16)30)33-13-18(27)23-5-7-31-9-10-32-8-6-26-19(28)3-4-20(26)29/h1-4,11-12H,5-10,13H2,(H,23,27). The Labute approximate surface area is 192 Å². The highest BCUT2D eigenvalue weighted by atomic mass is 16.5. The Bertz CT molecular complexity index is 1180. The maximum Gasteiger partial charge on any atom is 0.345 e. The SMILES string of the molecule is [N-]=[N+]=Nc1cc2ccc(OCC(=O)NCCOCCOCCN3C(=O)C=CC3=O)cc2oc1=O. The fourth-order valence-corrected chi connectivity index (χ4v) is 2.88. The van der Waals surface area contributed by atoms with Gasteiger partial charge < -0.3 is 23.9 Å². The molecule has 3 rings (SSSR count). The van der Waals surface area contributed by atoms with Gasteiger partial charge in [0.2, 0.25) is 0 Å². The van der Waals surface area contributed by atoms with Gasteiger partial charge in [-0.05, 0) is 23.7 Å². The Kier molecular flexibility index (Phi) is 8.74. The second kappa shape index (κ2) is 12.2. The molecule has 2 aromatic rings. The Morgan fingerprint density at radius 1 is 1.06 bits per heavy atom. The van der Waals surface area contributed by atoms with E-state index in [2.05, 4.69) is 15.3 Å². The summed E-state index contributed by atoms with van der Waals surface area (Å²) >= 11 is 0. The molecule has 1 aromatic carbocycles. The van der Waals surface area contributed by atoms with E-state index >= 15 is 0 Å². The fraction of sp³-hybridized carbons (Fsp3) is 0.333. The van der Waals surface area contributed by atoms with E-state index in [-0.39, 0.29) is 75.1 Å². The monoisotopic (exact) mass is 471 g/mol. The Hall–Kier alpha value is -4.19. The van der Waals surface area contributed by atoms with Crippen LogP contribution in [0.15, 0.2) is 50.7 Å². The third-order valence-corrected chi connectivity index (χ3v) is 4.51. The predicted molar refractivity (Wildman–Crippen MR) is 117 cm³/mol. The van der Waals surface area contributed by atoms with Crippen molar-refractivity contribution >= 4 is 34.4 Å². The highest BCUT2D eigenvalue weighted by Crippen LogP contribution is 2.22. The Morgan fingerprint density at radius 2 is 1.79 bits per heavy atom. The molecule has 0 spiro atoms. The molecule has 1 aliphatic rings. The number of imide groups is 1. The van der Waals surface area contributed by atoms with Crippen molar-refractivity contribution in [2.75, 3.05) is 46.1 Å². The van der Waals surface area contributed by atoms with Crippen LogP contribution in [0.4, 0.5) is 5.69 Å². The molecule has 1 N–H and O–H groups in total. The average molecular weight is 471 g/mol. The van der Waals surface area contributed by atoms with Gasteiger partial charge in [-0.2, -0.15) is 0 Å². The summed E-state index contributed by atoms with van der Waals surface area (Å²) in [5.74, 6) is -0.743. The number of nitrogens with one attached hydrogen (secondary N) is 1. The highest BCUT2D eigenvalue weighted by molar-refractivity contribution is 6.12. The Morgan fingerprint density at radius 3 is 2.53 bits per heavy atom. The minimum Gasteiger partial charge on any atom is -0.484 e.